The number of nitrogens with one attached hydrogen (secondary N) is 1. The predicted molar refractivity (Wildman–Crippen MR) is 73.1 cm³/mol. The zero-order valence-corrected chi connectivity index (χ0v) is 11.8. The van der Waals surface area contributed by atoms with Crippen LogP contribution in [0.4, 0.5) is 0 Å². The van der Waals surface area contributed by atoms with Crippen molar-refractivity contribution in [2.45, 2.75) is 18.9 Å². The fraction of sp³-hybridized carbons (Fsp3) is 0.417. The van der Waals surface area contributed by atoms with E-state index < -0.39 is 10.0 Å². The first kappa shape index (κ1) is 13.2. The molecular formula is C12H15N5O2S. The van der Waals surface area contributed by atoms with Gasteiger partial charge in [0.25, 0.3) is 0 Å². The van der Waals surface area contributed by atoms with Gasteiger partial charge in [-0.15, -0.1) is 0 Å². The number of nitrogens with zero attached hydrogens (tertiary/aromatic N) is 4. The maximum atomic E-state index is 11.8. The Hall–Kier alpha value is -1.80. The van der Waals surface area contributed by atoms with Crippen LogP contribution in [0.2, 0.25) is 0 Å². The van der Waals surface area contributed by atoms with Gasteiger partial charge in [0.2, 0.25) is 10.0 Å². The van der Waals surface area contributed by atoms with Crippen molar-refractivity contribution in [2.24, 2.45) is 0 Å². The number of H-pyrrole nitrogens is 1. The average Bonchev–Trinajstić information content (AvgIpc) is 3.10. The molecule has 1 N–H and O–H groups in total. The van der Waals surface area contributed by atoms with E-state index in [0.29, 0.717) is 17.9 Å². The molecule has 1 saturated heterocycles. The summed E-state index contributed by atoms with van der Waals surface area (Å²) in [6.45, 7) is 0.541. The summed E-state index contributed by atoms with van der Waals surface area (Å²) >= 11 is 0. The summed E-state index contributed by atoms with van der Waals surface area (Å²) in [6.07, 6.45) is 7.76. The van der Waals surface area contributed by atoms with Gasteiger partial charge in [0.05, 0.1) is 36.1 Å². The molecule has 0 saturated carbocycles. The highest BCUT2D eigenvalue weighted by Crippen LogP contribution is 2.33. The first-order valence-corrected chi connectivity index (χ1v) is 8.19. The van der Waals surface area contributed by atoms with Crippen LogP contribution in [0.3, 0.4) is 0 Å². The highest BCUT2D eigenvalue weighted by Gasteiger charge is 2.33. The number of aromatic nitrogens is 4. The zero-order valence-electron chi connectivity index (χ0n) is 11.0. The Morgan fingerprint density at radius 3 is 2.95 bits per heavy atom. The summed E-state index contributed by atoms with van der Waals surface area (Å²) in [5, 5.41) is 6.71. The van der Waals surface area contributed by atoms with E-state index in [1.165, 1.54) is 10.6 Å². The van der Waals surface area contributed by atoms with Crippen molar-refractivity contribution in [1.82, 2.24) is 24.5 Å². The quantitative estimate of drug-likeness (QED) is 0.910. The summed E-state index contributed by atoms with van der Waals surface area (Å²) in [6, 6.07) is 1.58. The fourth-order valence-corrected chi connectivity index (χ4v) is 3.64. The molecule has 0 bridgehead atoms. The second kappa shape index (κ2) is 4.95. The van der Waals surface area contributed by atoms with Gasteiger partial charge in [0.1, 0.15) is 5.69 Å². The SMILES string of the molecule is CS(=O)(=O)N1CCCC1c1cncc(-c2ccn[nH]2)n1. The van der Waals surface area contributed by atoms with Crippen LogP contribution >= 0.6 is 0 Å². The van der Waals surface area contributed by atoms with Crippen molar-refractivity contribution in [1.29, 1.82) is 0 Å². The lowest BCUT2D eigenvalue weighted by Gasteiger charge is -2.21. The Morgan fingerprint density at radius 2 is 2.25 bits per heavy atom. The van der Waals surface area contributed by atoms with E-state index in [4.69, 9.17) is 0 Å². The van der Waals surface area contributed by atoms with Gasteiger partial charge in [-0.1, -0.05) is 0 Å². The smallest absolute Gasteiger partial charge is 0.211 e. The largest absolute Gasteiger partial charge is 0.276 e. The Labute approximate surface area is 117 Å². The van der Waals surface area contributed by atoms with Crippen LogP contribution < -0.4 is 0 Å². The molecule has 0 amide bonds. The van der Waals surface area contributed by atoms with Crippen molar-refractivity contribution in [3.8, 4) is 11.4 Å². The third kappa shape index (κ3) is 2.44. The van der Waals surface area contributed by atoms with Gasteiger partial charge >= 0.3 is 0 Å². The molecular weight excluding hydrogens is 278 g/mol. The van der Waals surface area contributed by atoms with Gasteiger partial charge in [-0.3, -0.25) is 10.1 Å². The van der Waals surface area contributed by atoms with Crippen LogP contribution in [0.15, 0.2) is 24.7 Å². The minimum Gasteiger partial charge on any atom is -0.276 e. The number of hydrogen-bond donors (Lipinski definition) is 1. The highest BCUT2D eigenvalue weighted by atomic mass is 32.2. The van der Waals surface area contributed by atoms with E-state index in [1.54, 1.807) is 24.7 Å². The van der Waals surface area contributed by atoms with Crippen LogP contribution in [0.25, 0.3) is 11.4 Å². The molecule has 8 heteroatoms. The van der Waals surface area contributed by atoms with Crippen LogP contribution in [-0.2, 0) is 10.0 Å². The normalized spacial score (nSPS) is 20.4. The van der Waals surface area contributed by atoms with Crippen molar-refractivity contribution in [3.63, 3.8) is 0 Å². The van der Waals surface area contributed by atoms with E-state index in [-0.39, 0.29) is 6.04 Å². The number of aromatic amines is 1. The monoisotopic (exact) mass is 293 g/mol. The maximum Gasteiger partial charge on any atom is 0.211 e. The number of rotatable bonds is 3. The van der Waals surface area contributed by atoms with Gasteiger partial charge in [-0.05, 0) is 18.9 Å². The van der Waals surface area contributed by atoms with Gasteiger partial charge in [-0.25, -0.2) is 13.4 Å². The average molecular weight is 293 g/mol. The third-order valence-electron chi connectivity index (χ3n) is 3.40. The Bertz CT molecular complexity index is 698. The Balaban J connectivity index is 1.97. The molecule has 0 radical (unpaired) electrons. The van der Waals surface area contributed by atoms with Gasteiger partial charge in [0, 0.05) is 12.7 Å². The van der Waals surface area contributed by atoms with E-state index in [1.807, 2.05) is 0 Å². The number of sulfonamides is 1. The molecule has 0 aromatic carbocycles. The van der Waals surface area contributed by atoms with Gasteiger partial charge in [0.15, 0.2) is 0 Å². The molecule has 3 rings (SSSR count). The van der Waals surface area contributed by atoms with Gasteiger partial charge in [-0.2, -0.15) is 9.40 Å². The molecule has 1 aliphatic heterocycles. The van der Waals surface area contributed by atoms with Crippen molar-refractivity contribution in [3.05, 3.63) is 30.4 Å². The van der Waals surface area contributed by atoms with Crippen molar-refractivity contribution < 1.29 is 8.42 Å². The van der Waals surface area contributed by atoms with Crippen LogP contribution in [0.1, 0.15) is 24.6 Å². The summed E-state index contributed by atoms with van der Waals surface area (Å²) < 4.78 is 25.1. The maximum absolute atomic E-state index is 11.8. The summed E-state index contributed by atoms with van der Waals surface area (Å²) in [4.78, 5) is 8.69. The lowest BCUT2D eigenvalue weighted by Crippen LogP contribution is -2.30. The molecule has 106 valence electrons. The minimum absolute atomic E-state index is 0.222. The summed E-state index contributed by atoms with van der Waals surface area (Å²) in [5.41, 5.74) is 2.11. The van der Waals surface area contributed by atoms with Crippen LogP contribution in [0, 0.1) is 0 Å². The van der Waals surface area contributed by atoms with Gasteiger partial charge < -0.3 is 0 Å². The van der Waals surface area contributed by atoms with E-state index in [0.717, 1.165) is 18.5 Å². The first-order valence-electron chi connectivity index (χ1n) is 6.34. The van der Waals surface area contributed by atoms with Crippen LogP contribution in [0.5, 0.6) is 0 Å². The molecule has 1 aliphatic rings. The molecule has 1 fully saturated rings. The molecule has 20 heavy (non-hydrogen) atoms. The van der Waals surface area contributed by atoms with Crippen molar-refractivity contribution in [2.75, 3.05) is 12.8 Å². The van der Waals surface area contributed by atoms with E-state index in [2.05, 4.69) is 20.2 Å². The summed E-state index contributed by atoms with van der Waals surface area (Å²) in [5.74, 6) is 0. The zero-order chi connectivity index (χ0) is 14.2. The molecule has 1 atom stereocenters. The van der Waals surface area contributed by atoms with E-state index >= 15 is 0 Å². The molecule has 3 heterocycles. The lowest BCUT2D eigenvalue weighted by atomic mass is 10.1. The topological polar surface area (TPSA) is 91.8 Å². The Morgan fingerprint density at radius 1 is 1.40 bits per heavy atom. The second-order valence-electron chi connectivity index (χ2n) is 4.83. The molecule has 0 spiro atoms. The molecule has 2 aromatic heterocycles. The van der Waals surface area contributed by atoms with E-state index in [9.17, 15) is 8.42 Å². The third-order valence-corrected chi connectivity index (χ3v) is 4.69. The Kier molecular flexibility index (Phi) is 3.27. The standard InChI is InChI=1S/C12H15N5O2S/c1-20(18,19)17-6-2-3-12(17)11-8-13-7-10(15-11)9-4-5-14-16-9/h4-5,7-8,12H,2-3,6H2,1H3,(H,14,16). The highest BCUT2D eigenvalue weighted by molar-refractivity contribution is 7.88. The number of hydrogen-bond acceptors (Lipinski definition) is 5. The predicted octanol–water partition coefficient (Wildman–Crippen LogP) is 0.963. The minimum atomic E-state index is -3.22. The molecule has 7 nitrogen and oxygen atoms in total. The summed E-state index contributed by atoms with van der Waals surface area (Å²) in [7, 11) is -3.22. The van der Waals surface area contributed by atoms with Crippen molar-refractivity contribution >= 4 is 10.0 Å². The fourth-order valence-electron chi connectivity index (χ4n) is 2.50. The molecule has 1 unspecified atom stereocenters. The van der Waals surface area contributed by atoms with Crippen LogP contribution in [-0.4, -0.2) is 45.7 Å². The second-order valence-corrected chi connectivity index (χ2v) is 6.77. The first-order chi connectivity index (χ1) is 9.55. The molecule has 0 aliphatic carbocycles. The molecule has 2 aromatic rings. The lowest BCUT2D eigenvalue weighted by molar-refractivity contribution is 0.393.